The van der Waals surface area contributed by atoms with Crippen LogP contribution >= 0.6 is 0 Å². The number of aromatic nitrogens is 2. The zero-order chi connectivity index (χ0) is 20.8. The molecule has 1 aromatic carbocycles. The van der Waals surface area contributed by atoms with E-state index in [0.717, 1.165) is 17.4 Å². The maximum atomic E-state index is 14.5. The summed E-state index contributed by atoms with van der Waals surface area (Å²) in [6.07, 6.45) is 2.85. The highest BCUT2D eigenvalue weighted by atomic mass is 19.1. The lowest BCUT2D eigenvalue weighted by Gasteiger charge is -2.34. The minimum absolute atomic E-state index is 0.00372. The fourth-order valence-corrected chi connectivity index (χ4v) is 5.14. The molecule has 8 nitrogen and oxygen atoms in total. The number of anilines is 3. The molecule has 5 atom stereocenters. The second-order valence-corrected chi connectivity index (χ2v) is 8.24. The third-order valence-electron chi connectivity index (χ3n) is 6.40. The van der Waals surface area contributed by atoms with Crippen LogP contribution in [-0.4, -0.2) is 34.0 Å². The Balaban J connectivity index is 1.53. The van der Waals surface area contributed by atoms with Gasteiger partial charge in [-0.15, -0.1) is 0 Å². The fraction of sp³-hybridized carbons (Fsp3) is 0.429. The number of benzene rings is 1. The van der Waals surface area contributed by atoms with Gasteiger partial charge in [0.15, 0.2) is 11.6 Å². The van der Waals surface area contributed by atoms with Crippen molar-refractivity contribution < 1.29 is 18.7 Å². The Morgan fingerprint density at radius 2 is 2.13 bits per heavy atom. The van der Waals surface area contributed by atoms with Crippen LogP contribution in [0.3, 0.4) is 0 Å². The smallest absolute Gasteiger partial charge is 0.306 e. The van der Waals surface area contributed by atoms with Crippen LogP contribution < -0.4 is 16.4 Å². The zero-order valence-corrected chi connectivity index (χ0v) is 16.2. The van der Waals surface area contributed by atoms with Gasteiger partial charge in [-0.3, -0.25) is 9.59 Å². The van der Waals surface area contributed by atoms with Gasteiger partial charge >= 0.3 is 5.97 Å². The number of nitrogens with zero attached hydrogens (tertiary/aromatic N) is 2. The molecular formula is C21H22FN5O3. The molecule has 0 unspecified atom stereocenters. The van der Waals surface area contributed by atoms with Crippen LogP contribution in [0.1, 0.15) is 24.8 Å². The highest BCUT2D eigenvalue weighted by molar-refractivity contribution is 5.79. The number of ether oxygens (including phenoxy) is 1. The standard InChI is InChI=1S/C21H22FN5O3/c22-14-9-24-21-25-12-3-1-2-10(6-12)4-5-16(28)30-15-8-11-7-13(15)18(17(11)19(23)29)26-20(14)27-21/h1-3,6,9,11,13,15,17-18H,4-5,7-8H2,(H2,23,29)(H2,24,25,26,27)/t11-,13-,15-,17+,18-/m1/s1. The molecule has 9 heteroatoms. The normalized spacial score (nSPS) is 29.8. The number of fused-ring (bicyclic) bond motifs is 5. The van der Waals surface area contributed by atoms with Crippen molar-refractivity contribution in [1.29, 1.82) is 0 Å². The van der Waals surface area contributed by atoms with Gasteiger partial charge in [-0.1, -0.05) is 12.1 Å². The molecule has 2 heterocycles. The van der Waals surface area contributed by atoms with Gasteiger partial charge in [-0.05, 0) is 42.9 Å². The summed E-state index contributed by atoms with van der Waals surface area (Å²) in [4.78, 5) is 32.9. The predicted molar refractivity (Wildman–Crippen MR) is 106 cm³/mol. The average Bonchev–Trinajstić information content (AvgIpc) is 3.26. The van der Waals surface area contributed by atoms with E-state index in [-0.39, 0.29) is 42.1 Å². The van der Waals surface area contributed by atoms with Crippen LogP contribution in [-0.2, 0) is 20.7 Å². The molecule has 2 saturated carbocycles. The lowest BCUT2D eigenvalue weighted by molar-refractivity contribution is -0.152. The van der Waals surface area contributed by atoms with Crippen molar-refractivity contribution in [3.8, 4) is 0 Å². The monoisotopic (exact) mass is 411 g/mol. The predicted octanol–water partition coefficient (Wildman–Crippen LogP) is 2.14. The Morgan fingerprint density at radius 3 is 2.97 bits per heavy atom. The first-order valence-electron chi connectivity index (χ1n) is 10.1. The summed E-state index contributed by atoms with van der Waals surface area (Å²) < 4.78 is 20.3. The van der Waals surface area contributed by atoms with Gasteiger partial charge in [0, 0.05) is 24.1 Å². The zero-order valence-electron chi connectivity index (χ0n) is 16.2. The molecule has 30 heavy (non-hydrogen) atoms. The van der Waals surface area contributed by atoms with Crippen LogP contribution in [0.4, 0.5) is 21.8 Å². The number of halogens is 1. The maximum Gasteiger partial charge on any atom is 0.306 e. The second-order valence-electron chi connectivity index (χ2n) is 8.24. The lowest BCUT2D eigenvalue weighted by Crippen LogP contribution is -2.47. The molecule has 0 spiro atoms. The first kappa shape index (κ1) is 18.8. The van der Waals surface area contributed by atoms with Crippen LogP contribution in [0.2, 0.25) is 0 Å². The van der Waals surface area contributed by atoms with Crippen LogP contribution in [0, 0.1) is 23.6 Å². The van der Waals surface area contributed by atoms with Crippen molar-refractivity contribution in [2.75, 3.05) is 10.6 Å². The Bertz CT molecular complexity index is 1020. The molecule has 0 saturated heterocycles. The number of primary amides is 1. The van der Waals surface area contributed by atoms with Gasteiger partial charge < -0.3 is 21.1 Å². The van der Waals surface area contributed by atoms with E-state index in [1.54, 1.807) is 0 Å². The molecule has 0 radical (unpaired) electrons. The van der Waals surface area contributed by atoms with Crippen molar-refractivity contribution in [1.82, 2.24) is 9.97 Å². The Morgan fingerprint density at radius 1 is 1.27 bits per heavy atom. The van der Waals surface area contributed by atoms with Crippen LogP contribution in [0.5, 0.6) is 0 Å². The topological polar surface area (TPSA) is 119 Å². The number of esters is 1. The second kappa shape index (κ2) is 7.23. The molecule has 4 N–H and O–H groups in total. The quantitative estimate of drug-likeness (QED) is 0.615. The van der Waals surface area contributed by atoms with Crippen molar-refractivity contribution in [2.45, 2.75) is 37.8 Å². The summed E-state index contributed by atoms with van der Waals surface area (Å²) in [5.74, 6) is -1.72. The Labute approximate surface area is 172 Å². The average molecular weight is 411 g/mol. The van der Waals surface area contributed by atoms with E-state index in [0.29, 0.717) is 19.3 Å². The van der Waals surface area contributed by atoms with Gasteiger partial charge in [-0.25, -0.2) is 9.37 Å². The summed E-state index contributed by atoms with van der Waals surface area (Å²) in [6.45, 7) is 0. The number of nitrogens with two attached hydrogens (primary N) is 1. The number of aryl methyl sites for hydroxylation is 1. The van der Waals surface area contributed by atoms with Gasteiger partial charge in [0.1, 0.15) is 6.10 Å². The molecule has 3 aliphatic rings. The summed E-state index contributed by atoms with van der Waals surface area (Å²) in [7, 11) is 0. The van der Waals surface area contributed by atoms with Gasteiger partial charge in [0.25, 0.3) is 0 Å². The molecule has 156 valence electrons. The molecule has 6 bridgehead atoms. The van der Waals surface area contributed by atoms with Crippen molar-refractivity contribution in [3.63, 3.8) is 0 Å². The summed E-state index contributed by atoms with van der Waals surface area (Å²) in [6, 6.07) is 7.07. The van der Waals surface area contributed by atoms with Gasteiger partial charge in [-0.2, -0.15) is 4.98 Å². The van der Waals surface area contributed by atoms with E-state index < -0.39 is 23.7 Å². The van der Waals surface area contributed by atoms with E-state index in [9.17, 15) is 14.0 Å². The highest BCUT2D eigenvalue weighted by Gasteiger charge is 2.56. The number of carbonyl (C=O) groups excluding carboxylic acids is 2. The highest BCUT2D eigenvalue weighted by Crippen LogP contribution is 2.51. The third-order valence-corrected chi connectivity index (χ3v) is 6.40. The molecule has 2 fully saturated rings. The number of hydrogen-bond donors (Lipinski definition) is 3. The molecule has 1 amide bonds. The third kappa shape index (κ3) is 3.34. The molecule has 2 aromatic rings. The van der Waals surface area contributed by atoms with Gasteiger partial charge in [0.05, 0.1) is 12.1 Å². The number of rotatable bonds is 1. The van der Waals surface area contributed by atoms with Crippen LogP contribution in [0.25, 0.3) is 0 Å². The largest absolute Gasteiger partial charge is 0.462 e. The van der Waals surface area contributed by atoms with Crippen molar-refractivity contribution in [2.24, 2.45) is 23.5 Å². The fourth-order valence-electron chi connectivity index (χ4n) is 5.14. The maximum absolute atomic E-state index is 14.5. The molecule has 1 aromatic heterocycles. The Hall–Kier alpha value is -3.23. The number of hydrogen-bond acceptors (Lipinski definition) is 7. The molecule has 2 aliphatic carbocycles. The summed E-state index contributed by atoms with van der Waals surface area (Å²) in [5, 5.41) is 6.14. The van der Waals surface area contributed by atoms with E-state index in [2.05, 4.69) is 20.6 Å². The molecule has 1 aliphatic heterocycles. The number of amides is 1. The number of carbonyl (C=O) groups is 2. The number of nitrogens with one attached hydrogen (secondary N) is 2. The van der Waals surface area contributed by atoms with Crippen molar-refractivity contribution in [3.05, 3.63) is 41.8 Å². The van der Waals surface area contributed by atoms with E-state index in [4.69, 9.17) is 10.5 Å². The molecule has 5 rings (SSSR count). The summed E-state index contributed by atoms with van der Waals surface area (Å²) in [5.41, 5.74) is 7.35. The summed E-state index contributed by atoms with van der Waals surface area (Å²) >= 11 is 0. The van der Waals surface area contributed by atoms with E-state index >= 15 is 0 Å². The first-order chi connectivity index (χ1) is 14.5. The van der Waals surface area contributed by atoms with Crippen molar-refractivity contribution >= 4 is 29.3 Å². The minimum atomic E-state index is -0.627. The van der Waals surface area contributed by atoms with Crippen LogP contribution in [0.15, 0.2) is 30.5 Å². The first-order valence-corrected chi connectivity index (χ1v) is 10.1. The molecular weight excluding hydrogens is 389 g/mol. The lowest BCUT2D eigenvalue weighted by atomic mass is 9.82. The minimum Gasteiger partial charge on any atom is -0.462 e. The van der Waals surface area contributed by atoms with Gasteiger partial charge in [0.2, 0.25) is 11.9 Å². The van der Waals surface area contributed by atoms with E-state index in [1.807, 2.05) is 24.3 Å². The Kier molecular flexibility index (Phi) is 4.52. The SMILES string of the molecule is NC(=O)[C@H]1[C@@H]2C[C@H]3[C@H]1Nc1nc(ncc1F)Nc1cccc(c1)CCC(=O)O[C@@H]3C2. The van der Waals surface area contributed by atoms with E-state index in [1.165, 1.54) is 0 Å².